The van der Waals surface area contributed by atoms with Crippen molar-refractivity contribution in [2.24, 2.45) is 0 Å². The molecule has 0 aromatic heterocycles. The smallest absolute Gasteiger partial charge is 0.243 e. The highest BCUT2D eigenvalue weighted by molar-refractivity contribution is 7.89. The van der Waals surface area contributed by atoms with Crippen LogP contribution in [-0.4, -0.2) is 32.8 Å². The second-order valence-electron chi connectivity index (χ2n) is 4.84. The molecule has 0 aliphatic carbocycles. The molecule has 0 amide bonds. The Morgan fingerprint density at radius 3 is 2.45 bits per heavy atom. The number of halogens is 2. The Morgan fingerprint density at radius 1 is 1.35 bits per heavy atom. The van der Waals surface area contributed by atoms with Crippen molar-refractivity contribution in [3.8, 4) is 0 Å². The normalized spacial score (nSPS) is 12.7. The van der Waals surface area contributed by atoms with Crippen LogP contribution in [0.3, 0.4) is 0 Å². The van der Waals surface area contributed by atoms with Crippen molar-refractivity contribution >= 4 is 10.0 Å². The number of hydrogen-bond donors (Lipinski definition) is 2. The maximum Gasteiger partial charge on any atom is 0.243 e. The highest BCUT2D eigenvalue weighted by atomic mass is 32.2. The van der Waals surface area contributed by atoms with Crippen LogP contribution in [0.5, 0.6) is 0 Å². The maximum atomic E-state index is 13.6. The van der Waals surface area contributed by atoms with Gasteiger partial charge in [0, 0.05) is 13.7 Å². The van der Waals surface area contributed by atoms with Gasteiger partial charge < -0.3 is 9.84 Å². The van der Waals surface area contributed by atoms with Crippen LogP contribution < -0.4 is 4.72 Å². The molecule has 0 spiro atoms. The van der Waals surface area contributed by atoms with Crippen LogP contribution in [0, 0.1) is 11.6 Å². The first-order chi connectivity index (χ1) is 9.13. The number of hydrogen-bond acceptors (Lipinski definition) is 4. The number of aliphatic hydroxyl groups excluding tert-OH is 1. The van der Waals surface area contributed by atoms with Gasteiger partial charge in [-0.25, -0.2) is 21.9 Å². The van der Waals surface area contributed by atoms with Crippen LogP contribution in [0.4, 0.5) is 8.78 Å². The molecule has 1 aromatic carbocycles. The molecular weight excluding hydrogens is 292 g/mol. The minimum absolute atomic E-state index is 0.0322. The van der Waals surface area contributed by atoms with Gasteiger partial charge >= 0.3 is 0 Å². The Bertz CT molecular complexity index is 587. The number of nitrogens with one attached hydrogen (secondary N) is 1. The van der Waals surface area contributed by atoms with E-state index in [4.69, 9.17) is 9.84 Å². The molecule has 0 radical (unpaired) electrons. The van der Waals surface area contributed by atoms with Crippen LogP contribution in [-0.2, 0) is 21.4 Å². The van der Waals surface area contributed by atoms with E-state index in [2.05, 4.69) is 4.72 Å². The lowest BCUT2D eigenvalue weighted by molar-refractivity contribution is 0.0276. The molecule has 0 atom stereocenters. The third-order valence-corrected chi connectivity index (χ3v) is 4.17. The lowest BCUT2D eigenvalue weighted by atomic mass is 10.1. The second-order valence-corrected chi connectivity index (χ2v) is 6.57. The van der Waals surface area contributed by atoms with Crippen molar-refractivity contribution < 1.29 is 27.0 Å². The standard InChI is InChI=1S/C12H17F2NO4S/c1-12(2,19-3)7-15-20(17,18)10-5-8(6-16)4-9(13)11(10)14/h4-5,15-16H,6-7H2,1-3H3. The van der Waals surface area contributed by atoms with Gasteiger partial charge in [0.1, 0.15) is 4.90 Å². The molecule has 114 valence electrons. The van der Waals surface area contributed by atoms with Crippen molar-refractivity contribution in [3.05, 3.63) is 29.3 Å². The van der Waals surface area contributed by atoms with Crippen molar-refractivity contribution in [1.29, 1.82) is 0 Å². The predicted octanol–water partition coefficient (Wildman–Crippen LogP) is 1.16. The van der Waals surface area contributed by atoms with Crippen LogP contribution >= 0.6 is 0 Å². The molecule has 0 saturated carbocycles. The lowest BCUT2D eigenvalue weighted by Crippen LogP contribution is -2.40. The van der Waals surface area contributed by atoms with E-state index in [0.29, 0.717) is 0 Å². The van der Waals surface area contributed by atoms with E-state index >= 15 is 0 Å². The molecule has 1 rings (SSSR count). The summed E-state index contributed by atoms with van der Waals surface area (Å²) >= 11 is 0. The van der Waals surface area contributed by atoms with Crippen molar-refractivity contribution in [1.82, 2.24) is 4.72 Å². The molecule has 20 heavy (non-hydrogen) atoms. The topological polar surface area (TPSA) is 75.6 Å². The first kappa shape index (κ1) is 17.0. The summed E-state index contributed by atoms with van der Waals surface area (Å²) in [7, 11) is -2.84. The van der Waals surface area contributed by atoms with Crippen molar-refractivity contribution in [3.63, 3.8) is 0 Å². The molecule has 1 aromatic rings. The summed E-state index contributed by atoms with van der Waals surface area (Å²) in [6.07, 6.45) is 0. The third kappa shape index (κ3) is 3.95. The van der Waals surface area contributed by atoms with Gasteiger partial charge in [-0.3, -0.25) is 0 Å². The molecule has 0 aliphatic heterocycles. The Morgan fingerprint density at radius 2 is 1.95 bits per heavy atom. The Hall–Kier alpha value is -1.09. The second kappa shape index (κ2) is 6.13. The number of benzene rings is 1. The first-order valence-corrected chi connectivity index (χ1v) is 7.25. The number of methoxy groups -OCH3 is 1. The zero-order valence-corrected chi connectivity index (χ0v) is 12.2. The molecule has 0 unspecified atom stereocenters. The molecule has 0 heterocycles. The Balaban J connectivity index is 3.13. The van der Waals surface area contributed by atoms with Crippen LogP contribution in [0.25, 0.3) is 0 Å². The molecule has 2 N–H and O–H groups in total. The first-order valence-electron chi connectivity index (χ1n) is 5.76. The van der Waals surface area contributed by atoms with Gasteiger partial charge in [0.2, 0.25) is 10.0 Å². The van der Waals surface area contributed by atoms with E-state index in [0.717, 1.165) is 12.1 Å². The van der Waals surface area contributed by atoms with Gasteiger partial charge in [-0.2, -0.15) is 0 Å². The summed E-state index contributed by atoms with van der Waals surface area (Å²) in [6.45, 7) is 2.56. The molecular formula is C12H17F2NO4S. The van der Waals surface area contributed by atoms with Gasteiger partial charge in [-0.1, -0.05) is 0 Å². The van der Waals surface area contributed by atoms with Crippen LogP contribution in [0.15, 0.2) is 17.0 Å². The summed E-state index contributed by atoms with van der Waals surface area (Å²) in [5.74, 6) is -2.81. The molecule has 0 saturated heterocycles. The Labute approximate surface area is 116 Å². The van der Waals surface area contributed by atoms with Gasteiger partial charge in [0.15, 0.2) is 11.6 Å². The third-order valence-electron chi connectivity index (χ3n) is 2.77. The van der Waals surface area contributed by atoms with E-state index in [1.54, 1.807) is 13.8 Å². The van der Waals surface area contributed by atoms with Crippen LogP contribution in [0.1, 0.15) is 19.4 Å². The fraction of sp³-hybridized carbons (Fsp3) is 0.500. The summed E-state index contributed by atoms with van der Waals surface area (Å²) < 4.78 is 58.0. The maximum absolute atomic E-state index is 13.6. The van der Waals surface area contributed by atoms with Crippen LogP contribution in [0.2, 0.25) is 0 Å². The zero-order chi connectivity index (χ0) is 15.6. The monoisotopic (exact) mass is 309 g/mol. The van der Waals surface area contributed by atoms with E-state index < -0.39 is 38.8 Å². The highest BCUT2D eigenvalue weighted by Crippen LogP contribution is 2.20. The quantitative estimate of drug-likeness (QED) is 0.827. The van der Waals surface area contributed by atoms with E-state index in [-0.39, 0.29) is 12.1 Å². The average molecular weight is 309 g/mol. The summed E-state index contributed by atoms with van der Waals surface area (Å²) in [5.41, 5.74) is -0.827. The molecule has 8 heteroatoms. The lowest BCUT2D eigenvalue weighted by Gasteiger charge is -2.23. The molecule has 5 nitrogen and oxygen atoms in total. The van der Waals surface area contributed by atoms with Crippen molar-refractivity contribution in [2.45, 2.75) is 31.0 Å². The minimum Gasteiger partial charge on any atom is -0.392 e. The summed E-state index contributed by atoms with van der Waals surface area (Å²) in [5, 5.41) is 8.92. The van der Waals surface area contributed by atoms with E-state index in [1.165, 1.54) is 7.11 Å². The zero-order valence-electron chi connectivity index (χ0n) is 11.4. The largest absolute Gasteiger partial charge is 0.392 e. The summed E-state index contributed by atoms with van der Waals surface area (Å²) in [4.78, 5) is -0.839. The number of aliphatic hydroxyl groups is 1. The number of sulfonamides is 1. The highest BCUT2D eigenvalue weighted by Gasteiger charge is 2.26. The fourth-order valence-corrected chi connectivity index (χ4v) is 2.66. The Kier molecular flexibility index (Phi) is 5.20. The van der Waals surface area contributed by atoms with Crippen molar-refractivity contribution in [2.75, 3.05) is 13.7 Å². The number of ether oxygens (including phenoxy) is 1. The van der Waals surface area contributed by atoms with E-state index in [1.807, 2.05) is 0 Å². The molecule has 0 aliphatic rings. The van der Waals surface area contributed by atoms with E-state index in [9.17, 15) is 17.2 Å². The van der Waals surface area contributed by atoms with Gasteiger partial charge in [-0.05, 0) is 31.5 Å². The van der Waals surface area contributed by atoms with Gasteiger partial charge in [0.05, 0.1) is 12.2 Å². The average Bonchev–Trinajstić information content (AvgIpc) is 2.39. The summed E-state index contributed by atoms with van der Waals surface area (Å²) in [6, 6.07) is 1.63. The number of rotatable bonds is 6. The molecule has 0 bridgehead atoms. The fourth-order valence-electron chi connectivity index (χ4n) is 1.32. The van der Waals surface area contributed by atoms with Gasteiger partial charge in [-0.15, -0.1) is 0 Å². The SMILES string of the molecule is COC(C)(C)CNS(=O)(=O)c1cc(CO)cc(F)c1F. The van der Waals surface area contributed by atoms with Gasteiger partial charge in [0.25, 0.3) is 0 Å². The minimum atomic E-state index is -4.25. The molecule has 0 fully saturated rings. The predicted molar refractivity (Wildman–Crippen MR) is 68.6 cm³/mol.